The lowest BCUT2D eigenvalue weighted by atomic mass is 10.3. The summed E-state index contributed by atoms with van der Waals surface area (Å²) in [6.07, 6.45) is 1.99. The maximum absolute atomic E-state index is 12.1. The number of alkyl halides is 1. The van der Waals surface area contributed by atoms with Crippen LogP contribution in [0.1, 0.15) is 30.3 Å². The van der Waals surface area contributed by atoms with Crippen LogP contribution in [-0.2, 0) is 0 Å². The van der Waals surface area contributed by atoms with E-state index < -0.39 is 0 Å². The lowest BCUT2D eigenvalue weighted by Crippen LogP contribution is -2.34. The molecule has 0 saturated carbocycles. The summed E-state index contributed by atoms with van der Waals surface area (Å²) < 4.78 is 0. The largest absolute Gasteiger partial charge is 0.336 e. The zero-order valence-corrected chi connectivity index (χ0v) is 11.4. The Balaban J connectivity index is 2.75. The van der Waals surface area contributed by atoms with Gasteiger partial charge in [-0.05, 0) is 12.5 Å². The predicted octanol–water partition coefficient (Wildman–Crippen LogP) is 1.41. The van der Waals surface area contributed by atoms with E-state index in [0.29, 0.717) is 13.1 Å². The van der Waals surface area contributed by atoms with Crippen LogP contribution in [0.2, 0.25) is 0 Å². The first-order chi connectivity index (χ1) is 8.19. The summed E-state index contributed by atoms with van der Waals surface area (Å²) in [7, 11) is 0. The molecule has 1 rings (SSSR count). The van der Waals surface area contributed by atoms with Crippen LogP contribution < -0.4 is 5.56 Å². The van der Waals surface area contributed by atoms with Crippen molar-refractivity contribution < 1.29 is 4.79 Å². The molecule has 1 amide bonds. The Morgan fingerprint density at radius 1 is 1.47 bits per heavy atom. The van der Waals surface area contributed by atoms with Gasteiger partial charge >= 0.3 is 0 Å². The molecule has 0 atom stereocenters. The second-order valence-electron chi connectivity index (χ2n) is 3.64. The SMILES string of the molecule is CCCCN(CCBr)C(=O)c1ccc(=O)[nH]n1. The van der Waals surface area contributed by atoms with Gasteiger partial charge in [0, 0.05) is 24.5 Å². The van der Waals surface area contributed by atoms with Crippen molar-refractivity contribution in [3.05, 3.63) is 28.2 Å². The average molecular weight is 302 g/mol. The molecule has 0 saturated heterocycles. The minimum absolute atomic E-state index is 0.144. The van der Waals surface area contributed by atoms with Gasteiger partial charge in [-0.1, -0.05) is 29.3 Å². The highest BCUT2D eigenvalue weighted by atomic mass is 79.9. The van der Waals surface area contributed by atoms with E-state index in [2.05, 4.69) is 33.1 Å². The van der Waals surface area contributed by atoms with E-state index in [-0.39, 0.29) is 17.2 Å². The fourth-order valence-corrected chi connectivity index (χ4v) is 1.82. The lowest BCUT2D eigenvalue weighted by Gasteiger charge is -2.20. The molecule has 0 bridgehead atoms. The molecule has 0 aliphatic rings. The zero-order chi connectivity index (χ0) is 12.7. The minimum atomic E-state index is -0.304. The van der Waals surface area contributed by atoms with E-state index >= 15 is 0 Å². The van der Waals surface area contributed by atoms with Gasteiger partial charge in [0.2, 0.25) is 0 Å². The molecule has 5 nitrogen and oxygen atoms in total. The highest BCUT2D eigenvalue weighted by Gasteiger charge is 2.15. The van der Waals surface area contributed by atoms with Gasteiger partial charge < -0.3 is 4.90 Å². The molecule has 0 spiro atoms. The van der Waals surface area contributed by atoms with Crippen molar-refractivity contribution in [1.82, 2.24) is 15.1 Å². The molecule has 17 heavy (non-hydrogen) atoms. The molecule has 6 heteroatoms. The zero-order valence-electron chi connectivity index (χ0n) is 9.78. The molecular formula is C11H16BrN3O2. The molecular weight excluding hydrogens is 286 g/mol. The number of nitrogens with one attached hydrogen (secondary N) is 1. The molecule has 0 fully saturated rings. The first-order valence-electron chi connectivity index (χ1n) is 5.60. The van der Waals surface area contributed by atoms with Gasteiger partial charge in [-0.2, -0.15) is 5.10 Å². The molecule has 0 unspecified atom stereocenters. The Hall–Kier alpha value is -1.17. The number of H-pyrrole nitrogens is 1. The van der Waals surface area contributed by atoms with Crippen molar-refractivity contribution in [2.24, 2.45) is 0 Å². The van der Waals surface area contributed by atoms with Crippen LogP contribution in [0.3, 0.4) is 0 Å². The van der Waals surface area contributed by atoms with E-state index in [1.807, 2.05) is 0 Å². The number of hydrogen-bond acceptors (Lipinski definition) is 3. The summed E-state index contributed by atoms with van der Waals surface area (Å²) in [5, 5.41) is 6.74. The normalized spacial score (nSPS) is 10.2. The van der Waals surface area contributed by atoms with Gasteiger partial charge in [0.1, 0.15) is 5.69 Å². The number of aromatic nitrogens is 2. The molecule has 0 aliphatic carbocycles. The van der Waals surface area contributed by atoms with Crippen LogP contribution in [0.4, 0.5) is 0 Å². The van der Waals surface area contributed by atoms with E-state index in [1.54, 1.807) is 4.90 Å². The second-order valence-corrected chi connectivity index (χ2v) is 4.43. The number of nitrogens with zero attached hydrogens (tertiary/aromatic N) is 2. The van der Waals surface area contributed by atoms with E-state index in [0.717, 1.165) is 18.2 Å². The molecule has 1 aromatic rings. The Kier molecular flexibility index (Phi) is 5.90. The molecule has 0 aliphatic heterocycles. The van der Waals surface area contributed by atoms with E-state index in [4.69, 9.17) is 0 Å². The fourth-order valence-electron chi connectivity index (χ4n) is 1.39. The third kappa shape index (κ3) is 4.30. The van der Waals surface area contributed by atoms with Crippen molar-refractivity contribution >= 4 is 21.8 Å². The number of hydrogen-bond donors (Lipinski definition) is 1. The second kappa shape index (κ2) is 7.21. The quantitative estimate of drug-likeness (QED) is 0.808. The van der Waals surface area contributed by atoms with E-state index in [9.17, 15) is 9.59 Å². The monoisotopic (exact) mass is 301 g/mol. The molecule has 0 radical (unpaired) electrons. The number of rotatable bonds is 6. The standard InChI is InChI=1S/C11H16BrN3O2/c1-2-3-7-15(8-6-12)11(17)9-4-5-10(16)14-13-9/h4-5H,2-3,6-8H2,1H3,(H,14,16). The highest BCUT2D eigenvalue weighted by molar-refractivity contribution is 9.09. The number of carbonyl (C=O) groups is 1. The highest BCUT2D eigenvalue weighted by Crippen LogP contribution is 2.03. The van der Waals surface area contributed by atoms with Crippen molar-refractivity contribution in [3.63, 3.8) is 0 Å². The lowest BCUT2D eigenvalue weighted by molar-refractivity contribution is 0.0757. The third-order valence-corrected chi connectivity index (χ3v) is 2.68. The summed E-state index contributed by atoms with van der Waals surface area (Å²) in [5.74, 6) is -0.144. The van der Waals surface area contributed by atoms with Crippen molar-refractivity contribution in [2.75, 3.05) is 18.4 Å². The Bertz CT molecular complexity index is 399. The first kappa shape index (κ1) is 13.9. The van der Waals surface area contributed by atoms with Crippen LogP contribution >= 0.6 is 15.9 Å². The van der Waals surface area contributed by atoms with Crippen LogP contribution in [0.5, 0.6) is 0 Å². The third-order valence-electron chi connectivity index (χ3n) is 2.32. The fraction of sp³-hybridized carbons (Fsp3) is 0.545. The van der Waals surface area contributed by atoms with Crippen molar-refractivity contribution in [2.45, 2.75) is 19.8 Å². The van der Waals surface area contributed by atoms with Gasteiger partial charge in [0.05, 0.1) is 0 Å². The summed E-state index contributed by atoms with van der Waals surface area (Å²) in [6.45, 7) is 3.43. The molecule has 94 valence electrons. The Morgan fingerprint density at radius 3 is 2.76 bits per heavy atom. The van der Waals surface area contributed by atoms with Gasteiger partial charge in [0.25, 0.3) is 11.5 Å². The van der Waals surface area contributed by atoms with Crippen LogP contribution in [0.25, 0.3) is 0 Å². The van der Waals surface area contributed by atoms with Crippen LogP contribution in [0, 0.1) is 0 Å². The smallest absolute Gasteiger partial charge is 0.274 e. The van der Waals surface area contributed by atoms with Crippen LogP contribution in [0.15, 0.2) is 16.9 Å². The number of unbranched alkanes of at least 4 members (excludes halogenated alkanes) is 1. The number of amides is 1. The predicted molar refractivity (Wildman–Crippen MR) is 69.5 cm³/mol. The number of aromatic amines is 1. The van der Waals surface area contributed by atoms with Crippen molar-refractivity contribution in [1.29, 1.82) is 0 Å². The number of halogens is 1. The molecule has 1 heterocycles. The van der Waals surface area contributed by atoms with Gasteiger partial charge in [0.15, 0.2) is 0 Å². The van der Waals surface area contributed by atoms with Gasteiger partial charge in [-0.25, -0.2) is 5.10 Å². The van der Waals surface area contributed by atoms with Gasteiger partial charge in [-0.15, -0.1) is 0 Å². The summed E-state index contributed by atoms with van der Waals surface area (Å²) >= 11 is 3.32. The number of carbonyl (C=O) groups excluding carboxylic acids is 1. The van der Waals surface area contributed by atoms with E-state index in [1.165, 1.54) is 12.1 Å². The topological polar surface area (TPSA) is 66.1 Å². The summed E-state index contributed by atoms with van der Waals surface area (Å²) in [6, 6.07) is 2.76. The summed E-state index contributed by atoms with van der Waals surface area (Å²) in [4.78, 5) is 24.7. The molecule has 0 aromatic carbocycles. The molecule has 1 aromatic heterocycles. The Morgan fingerprint density at radius 2 is 2.24 bits per heavy atom. The molecule has 1 N–H and O–H groups in total. The minimum Gasteiger partial charge on any atom is -0.336 e. The summed E-state index contributed by atoms with van der Waals surface area (Å²) in [5.41, 5.74) is -0.0243. The Labute approximate surface area is 108 Å². The van der Waals surface area contributed by atoms with Crippen LogP contribution in [-0.4, -0.2) is 39.4 Å². The average Bonchev–Trinajstić information content (AvgIpc) is 2.34. The van der Waals surface area contributed by atoms with Crippen molar-refractivity contribution in [3.8, 4) is 0 Å². The maximum atomic E-state index is 12.1. The maximum Gasteiger partial charge on any atom is 0.274 e. The van der Waals surface area contributed by atoms with Gasteiger partial charge in [-0.3, -0.25) is 9.59 Å². The first-order valence-corrected chi connectivity index (χ1v) is 6.72.